The molecule has 1 saturated heterocycles. The van der Waals surface area contributed by atoms with Crippen LogP contribution in [0.5, 0.6) is 0 Å². The van der Waals surface area contributed by atoms with E-state index in [9.17, 15) is 0 Å². The number of hydrogen-bond acceptors (Lipinski definition) is 5. The molecule has 6 nitrogen and oxygen atoms in total. The molecule has 138 valence electrons. The fourth-order valence-corrected chi connectivity index (χ4v) is 5.47. The second kappa shape index (κ2) is 5.46. The Hall–Kier alpha value is -2.10. The summed E-state index contributed by atoms with van der Waals surface area (Å²) < 4.78 is 2.30. The lowest BCUT2D eigenvalue weighted by atomic mass is 9.57. The fraction of sp³-hybridized carbons (Fsp3) is 0.550. The summed E-state index contributed by atoms with van der Waals surface area (Å²) >= 11 is 6.32. The number of nitrogens with zero attached hydrogens (tertiary/aromatic N) is 6. The van der Waals surface area contributed by atoms with Gasteiger partial charge in [0.2, 0.25) is 0 Å². The number of fused-ring (bicyclic) bond motifs is 3. The maximum Gasteiger partial charge on any atom is 0.179 e. The van der Waals surface area contributed by atoms with Crippen molar-refractivity contribution in [2.45, 2.75) is 50.7 Å². The molecule has 0 N–H and O–H groups in total. The summed E-state index contributed by atoms with van der Waals surface area (Å²) in [6, 6.07) is 6.87. The molecule has 27 heavy (non-hydrogen) atoms. The van der Waals surface area contributed by atoms with Crippen LogP contribution < -0.4 is 0 Å². The van der Waals surface area contributed by atoms with Gasteiger partial charge in [0.05, 0.1) is 12.2 Å². The first-order valence-corrected chi connectivity index (χ1v) is 10.1. The minimum Gasteiger partial charge on any atom is -0.309 e. The molecule has 1 aromatic heterocycles. The van der Waals surface area contributed by atoms with Crippen LogP contribution in [0.2, 0.25) is 5.02 Å². The van der Waals surface area contributed by atoms with Crippen LogP contribution in [-0.4, -0.2) is 43.7 Å². The summed E-state index contributed by atoms with van der Waals surface area (Å²) in [5.74, 6) is 2.57. The smallest absolute Gasteiger partial charge is 0.179 e. The van der Waals surface area contributed by atoms with Crippen LogP contribution in [0.15, 0.2) is 18.2 Å². The van der Waals surface area contributed by atoms with E-state index in [-0.39, 0.29) is 0 Å². The predicted octanol–water partition coefficient (Wildman–Crippen LogP) is 3.06. The standard InChI is InChI=1S/C20H21ClN6/c21-15-1-4-17-13(5-15)8-26(16-2-3-16)9-18-23-24-19(27(17)18)14-6-20(7-14)10-25(11-20)12-22/h1,4-5,14,16H,2-3,6-11H2. The molecule has 0 amide bonds. The predicted molar refractivity (Wildman–Crippen MR) is 100 cm³/mol. The van der Waals surface area contributed by atoms with Gasteiger partial charge in [0, 0.05) is 42.0 Å². The molecule has 2 aromatic rings. The maximum absolute atomic E-state index is 9.02. The third-order valence-corrected chi connectivity index (χ3v) is 6.97. The Balaban J connectivity index is 1.36. The second-order valence-electron chi connectivity index (χ2n) is 8.78. The van der Waals surface area contributed by atoms with Gasteiger partial charge in [0.1, 0.15) is 5.82 Å². The molecule has 1 aromatic carbocycles. The highest BCUT2D eigenvalue weighted by Crippen LogP contribution is 2.56. The number of nitriles is 1. The highest BCUT2D eigenvalue weighted by Gasteiger charge is 2.54. The van der Waals surface area contributed by atoms with Gasteiger partial charge in [-0.15, -0.1) is 10.2 Å². The number of rotatable bonds is 2. The van der Waals surface area contributed by atoms with Crippen molar-refractivity contribution in [2.75, 3.05) is 13.1 Å². The molecule has 0 radical (unpaired) electrons. The van der Waals surface area contributed by atoms with Gasteiger partial charge in [-0.1, -0.05) is 11.6 Å². The molecule has 0 bridgehead atoms. The SMILES string of the molecule is N#CN1CC2(CC(c3nnc4n3-c3ccc(Cl)cc3CN(C3CC3)C4)C2)C1. The minimum absolute atomic E-state index is 0.334. The van der Waals surface area contributed by atoms with Crippen molar-refractivity contribution >= 4 is 11.6 Å². The van der Waals surface area contributed by atoms with E-state index in [1.807, 2.05) is 11.0 Å². The first-order chi connectivity index (χ1) is 13.1. The van der Waals surface area contributed by atoms with Crippen LogP contribution in [0.4, 0.5) is 0 Å². The zero-order valence-corrected chi connectivity index (χ0v) is 15.9. The number of aromatic nitrogens is 3. The first-order valence-electron chi connectivity index (χ1n) is 9.76. The lowest BCUT2D eigenvalue weighted by Gasteiger charge is -2.57. The van der Waals surface area contributed by atoms with Crippen molar-refractivity contribution in [3.05, 3.63) is 40.4 Å². The largest absolute Gasteiger partial charge is 0.309 e. The highest BCUT2D eigenvalue weighted by atomic mass is 35.5. The Kier molecular flexibility index (Phi) is 3.22. The fourth-order valence-electron chi connectivity index (χ4n) is 5.27. The van der Waals surface area contributed by atoms with Gasteiger partial charge in [-0.3, -0.25) is 9.47 Å². The van der Waals surface area contributed by atoms with E-state index in [4.69, 9.17) is 16.9 Å². The Morgan fingerprint density at radius 1 is 1.15 bits per heavy atom. The molecule has 0 atom stereocenters. The molecule has 0 unspecified atom stereocenters. The average molecular weight is 381 g/mol. The number of hydrogen-bond donors (Lipinski definition) is 0. The first kappa shape index (κ1) is 15.9. The van der Waals surface area contributed by atoms with E-state index in [0.29, 0.717) is 17.4 Å². The Morgan fingerprint density at radius 2 is 1.96 bits per heavy atom. The molecule has 7 heteroatoms. The molecule has 3 fully saturated rings. The highest BCUT2D eigenvalue weighted by molar-refractivity contribution is 6.30. The normalized spacial score (nSPS) is 23.8. The van der Waals surface area contributed by atoms with Gasteiger partial charge in [-0.2, -0.15) is 5.26 Å². The number of likely N-dealkylation sites (tertiary alicyclic amines) is 1. The average Bonchev–Trinajstić information content (AvgIpc) is 3.37. The van der Waals surface area contributed by atoms with Crippen LogP contribution in [0.3, 0.4) is 0 Å². The minimum atomic E-state index is 0.334. The van der Waals surface area contributed by atoms with Crippen molar-refractivity contribution in [2.24, 2.45) is 5.41 Å². The van der Waals surface area contributed by atoms with Gasteiger partial charge in [-0.25, -0.2) is 0 Å². The molecule has 4 aliphatic rings. The molecule has 1 spiro atoms. The monoisotopic (exact) mass is 380 g/mol. The molecule has 2 saturated carbocycles. The Bertz CT molecular complexity index is 957. The van der Waals surface area contributed by atoms with Gasteiger partial charge >= 0.3 is 0 Å². The quantitative estimate of drug-likeness (QED) is 0.749. The summed E-state index contributed by atoms with van der Waals surface area (Å²) in [7, 11) is 0. The van der Waals surface area contributed by atoms with Crippen LogP contribution in [0.25, 0.3) is 5.69 Å². The molecule has 2 aliphatic heterocycles. The third-order valence-electron chi connectivity index (χ3n) is 6.74. The van der Waals surface area contributed by atoms with Crippen molar-refractivity contribution in [1.82, 2.24) is 24.6 Å². The molecule has 6 rings (SSSR count). The molecular formula is C20H21ClN6. The van der Waals surface area contributed by atoms with Crippen LogP contribution >= 0.6 is 11.6 Å². The van der Waals surface area contributed by atoms with Crippen LogP contribution in [0.1, 0.15) is 48.8 Å². The Labute approximate surface area is 163 Å². The van der Waals surface area contributed by atoms with Crippen molar-refractivity contribution in [1.29, 1.82) is 5.26 Å². The summed E-state index contributed by atoms with van der Waals surface area (Å²) in [4.78, 5) is 4.37. The zero-order valence-electron chi connectivity index (χ0n) is 15.1. The topological polar surface area (TPSA) is 61.0 Å². The van der Waals surface area contributed by atoms with Gasteiger partial charge in [-0.05, 0) is 49.4 Å². The van der Waals surface area contributed by atoms with E-state index < -0.39 is 0 Å². The van der Waals surface area contributed by atoms with Crippen molar-refractivity contribution in [3.63, 3.8) is 0 Å². The lowest BCUT2D eigenvalue weighted by molar-refractivity contribution is -0.0438. The molecule has 3 heterocycles. The van der Waals surface area contributed by atoms with E-state index >= 15 is 0 Å². The van der Waals surface area contributed by atoms with Crippen molar-refractivity contribution < 1.29 is 0 Å². The van der Waals surface area contributed by atoms with E-state index in [2.05, 4.69) is 38.0 Å². The van der Waals surface area contributed by atoms with E-state index in [1.54, 1.807) is 0 Å². The summed E-state index contributed by atoms with van der Waals surface area (Å²) in [5.41, 5.74) is 2.79. The summed E-state index contributed by atoms with van der Waals surface area (Å²) in [6.07, 6.45) is 7.02. The van der Waals surface area contributed by atoms with Crippen LogP contribution in [-0.2, 0) is 13.1 Å². The molecular weight excluding hydrogens is 360 g/mol. The third kappa shape index (κ3) is 2.41. The second-order valence-corrected chi connectivity index (χ2v) is 9.22. The van der Waals surface area contributed by atoms with Gasteiger partial charge in [0.15, 0.2) is 12.0 Å². The zero-order chi connectivity index (χ0) is 18.2. The van der Waals surface area contributed by atoms with Crippen LogP contribution in [0, 0.1) is 16.9 Å². The van der Waals surface area contributed by atoms with Gasteiger partial charge in [0.25, 0.3) is 0 Å². The summed E-state index contributed by atoms with van der Waals surface area (Å²) in [6.45, 7) is 3.59. The van der Waals surface area contributed by atoms with Crippen molar-refractivity contribution in [3.8, 4) is 11.9 Å². The van der Waals surface area contributed by atoms with E-state index in [1.165, 1.54) is 24.1 Å². The van der Waals surface area contributed by atoms with Gasteiger partial charge < -0.3 is 4.90 Å². The lowest BCUT2D eigenvalue weighted by Crippen LogP contribution is -2.60. The Morgan fingerprint density at radius 3 is 2.70 bits per heavy atom. The summed E-state index contributed by atoms with van der Waals surface area (Å²) in [5, 5.41) is 19.0. The molecule has 2 aliphatic carbocycles. The maximum atomic E-state index is 9.02. The number of halogens is 1. The number of benzene rings is 1. The van der Waals surface area contributed by atoms with E-state index in [0.717, 1.165) is 55.7 Å².